The lowest BCUT2D eigenvalue weighted by Gasteiger charge is -2.33. The van der Waals surface area contributed by atoms with Gasteiger partial charge in [-0.25, -0.2) is 4.79 Å². The molecule has 0 N–H and O–H groups in total. The van der Waals surface area contributed by atoms with Gasteiger partial charge in [0.2, 0.25) is 0 Å². The minimum Gasteiger partial charge on any atom is -0.448 e. The molecule has 2 aromatic carbocycles. The fraction of sp³-hybridized carbons (Fsp3) is 0.263. The Balaban J connectivity index is 1.63. The van der Waals surface area contributed by atoms with Crippen LogP contribution in [0.4, 0.5) is 5.69 Å². The molecule has 0 aromatic heterocycles. The monoisotopic (exact) mass is 307 g/mol. The van der Waals surface area contributed by atoms with Crippen molar-refractivity contribution < 1.29 is 14.3 Å². The van der Waals surface area contributed by atoms with Gasteiger partial charge in [-0.15, -0.1) is 0 Å². The number of esters is 1. The molecule has 2 aromatic rings. The van der Waals surface area contributed by atoms with E-state index in [1.807, 2.05) is 36.4 Å². The molecule has 116 valence electrons. The van der Waals surface area contributed by atoms with Crippen molar-refractivity contribution in [2.45, 2.75) is 25.4 Å². The molecule has 4 nitrogen and oxygen atoms in total. The first-order chi connectivity index (χ1) is 11.2. The molecule has 0 saturated heterocycles. The number of ether oxygens (including phenoxy) is 1. The molecule has 4 rings (SSSR count). The molecule has 0 fully saturated rings. The lowest BCUT2D eigenvalue weighted by atomic mass is 9.96. The SMILES string of the molecule is O=C1OC(C(=O)N2CCCc3ccccc32)Cc2ccccc21. The summed E-state index contributed by atoms with van der Waals surface area (Å²) in [6, 6.07) is 15.3. The van der Waals surface area contributed by atoms with Crippen LogP contribution in [0.5, 0.6) is 0 Å². The van der Waals surface area contributed by atoms with E-state index < -0.39 is 12.1 Å². The highest BCUT2D eigenvalue weighted by Crippen LogP contribution is 2.29. The zero-order valence-corrected chi connectivity index (χ0v) is 12.7. The Hall–Kier alpha value is -2.62. The topological polar surface area (TPSA) is 46.6 Å². The molecule has 2 aliphatic rings. The van der Waals surface area contributed by atoms with E-state index in [4.69, 9.17) is 4.74 Å². The first-order valence-corrected chi connectivity index (χ1v) is 7.92. The van der Waals surface area contributed by atoms with E-state index in [0.717, 1.165) is 24.1 Å². The van der Waals surface area contributed by atoms with Gasteiger partial charge in [0.1, 0.15) is 0 Å². The average molecular weight is 307 g/mol. The summed E-state index contributed by atoms with van der Waals surface area (Å²) in [7, 11) is 0. The Morgan fingerprint density at radius 1 is 1.04 bits per heavy atom. The predicted molar refractivity (Wildman–Crippen MR) is 86.5 cm³/mol. The van der Waals surface area contributed by atoms with Gasteiger partial charge < -0.3 is 9.64 Å². The number of nitrogens with zero attached hydrogens (tertiary/aromatic N) is 1. The highest BCUT2D eigenvalue weighted by Gasteiger charge is 2.35. The van der Waals surface area contributed by atoms with Gasteiger partial charge >= 0.3 is 5.97 Å². The summed E-state index contributed by atoms with van der Waals surface area (Å²) in [6.45, 7) is 0.672. The molecule has 1 unspecified atom stereocenters. The van der Waals surface area contributed by atoms with Crippen molar-refractivity contribution in [2.75, 3.05) is 11.4 Å². The Morgan fingerprint density at radius 2 is 1.78 bits per heavy atom. The molecule has 1 amide bonds. The van der Waals surface area contributed by atoms with E-state index in [9.17, 15) is 9.59 Å². The molecule has 23 heavy (non-hydrogen) atoms. The molecular weight excluding hydrogens is 290 g/mol. The molecule has 1 atom stereocenters. The fourth-order valence-electron chi connectivity index (χ4n) is 3.41. The third kappa shape index (κ3) is 2.40. The van der Waals surface area contributed by atoms with Gasteiger partial charge in [0.25, 0.3) is 5.91 Å². The molecule has 4 heteroatoms. The summed E-state index contributed by atoms with van der Waals surface area (Å²) in [5.74, 6) is -0.532. The van der Waals surface area contributed by atoms with Gasteiger partial charge in [-0.1, -0.05) is 36.4 Å². The Kier molecular flexibility index (Phi) is 3.37. The van der Waals surface area contributed by atoms with Crippen LogP contribution in [0.2, 0.25) is 0 Å². The second kappa shape index (κ2) is 5.54. The fourth-order valence-corrected chi connectivity index (χ4v) is 3.41. The number of hydrogen-bond acceptors (Lipinski definition) is 3. The number of para-hydroxylation sites is 1. The number of aryl methyl sites for hydroxylation is 1. The molecular formula is C19H17NO3. The quantitative estimate of drug-likeness (QED) is 0.761. The number of hydrogen-bond donors (Lipinski definition) is 0. The summed E-state index contributed by atoms with van der Waals surface area (Å²) >= 11 is 0. The first kappa shape index (κ1) is 14.0. The minimum absolute atomic E-state index is 0.125. The molecule has 0 radical (unpaired) electrons. The van der Waals surface area contributed by atoms with E-state index in [1.54, 1.807) is 11.0 Å². The van der Waals surface area contributed by atoms with Gasteiger partial charge in [0.05, 0.1) is 5.56 Å². The van der Waals surface area contributed by atoms with Gasteiger partial charge in [0, 0.05) is 18.7 Å². The lowest BCUT2D eigenvalue weighted by molar-refractivity contribution is -0.127. The standard InChI is InChI=1S/C19H17NO3/c21-18(20-11-5-8-13-6-2-4-10-16(13)20)17-12-14-7-1-3-9-15(14)19(22)23-17/h1-4,6-7,9-10,17H,5,8,11-12H2. The van der Waals surface area contributed by atoms with Crippen molar-refractivity contribution in [3.63, 3.8) is 0 Å². The molecule has 2 heterocycles. The molecule has 0 spiro atoms. The summed E-state index contributed by atoms with van der Waals surface area (Å²) < 4.78 is 5.41. The van der Waals surface area contributed by atoms with Crippen molar-refractivity contribution in [3.05, 3.63) is 65.2 Å². The van der Waals surface area contributed by atoms with E-state index in [1.165, 1.54) is 5.56 Å². The number of fused-ring (bicyclic) bond motifs is 2. The number of cyclic esters (lactones) is 1. The zero-order chi connectivity index (χ0) is 15.8. The summed E-state index contributed by atoms with van der Waals surface area (Å²) in [4.78, 5) is 26.8. The van der Waals surface area contributed by atoms with Crippen molar-refractivity contribution in [3.8, 4) is 0 Å². The predicted octanol–water partition coefficient (Wildman–Crippen LogP) is 2.75. The molecule has 0 saturated carbocycles. The van der Waals surface area contributed by atoms with Crippen molar-refractivity contribution in [1.29, 1.82) is 0 Å². The van der Waals surface area contributed by atoms with Gasteiger partial charge in [-0.3, -0.25) is 4.79 Å². The van der Waals surface area contributed by atoms with Crippen LogP contribution in [0.25, 0.3) is 0 Å². The van der Waals surface area contributed by atoms with E-state index in [-0.39, 0.29) is 5.91 Å². The number of carbonyl (C=O) groups excluding carboxylic acids is 2. The minimum atomic E-state index is -0.733. The van der Waals surface area contributed by atoms with E-state index in [0.29, 0.717) is 18.5 Å². The van der Waals surface area contributed by atoms with E-state index in [2.05, 4.69) is 6.07 Å². The largest absolute Gasteiger partial charge is 0.448 e. The van der Waals surface area contributed by atoms with Gasteiger partial charge in [-0.2, -0.15) is 0 Å². The number of anilines is 1. The molecule has 2 aliphatic heterocycles. The van der Waals surface area contributed by atoms with Crippen LogP contribution in [0.3, 0.4) is 0 Å². The van der Waals surface area contributed by atoms with Crippen molar-refractivity contribution in [1.82, 2.24) is 0 Å². The number of rotatable bonds is 1. The van der Waals surface area contributed by atoms with Gasteiger partial charge in [0.15, 0.2) is 6.10 Å². The first-order valence-electron chi connectivity index (χ1n) is 7.92. The second-order valence-corrected chi connectivity index (χ2v) is 5.98. The average Bonchev–Trinajstić information content (AvgIpc) is 2.60. The molecule has 0 bridgehead atoms. The van der Waals surface area contributed by atoms with Gasteiger partial charge in [-0.05, 0) is 36.1 Å². The molecule has 0 aliphatic carbocycles. The maximum absolute atomic E-state index is 12.9. The van der Waals surface area contributed by atoms with Crippen molar-refractivity contribution in [2.24, 2.45) is 0 Å². The smallest absolute Gasteiger partial charge is 0.339 e. The number of benzene rings is 2. The summed E-state index contributed by atoms with van der Waals surface area (Å²) in [5.41, 5.74) is 3.57. The maximum Gasteiger partial charge on any atom is 0.339 e. The Labute approximate surface area is 134 Å². The van der Waals surface area contributed by atoms with Crippen LogP contribution in [0.1, 0.15) is 27.9 Å². The van der Waals surface area contributed by atoms with Crippen LogP contribution in [-0.4, -0.2) is 24.5 Å². The Bertz CT molecular complexity index is 784. The maximum atomic E-state index is 12.9. The lowest BCUT2D eigenvalue weighted by Crippen LogP contribution is -2.46. The summed E-state index contributed by atoms with van der Waals surface area (Å²) in [6.07, 6.45) is 1.62. The number of carbonyl (C=O) groups is 2. The van der Waals surface area contributed by atoms with Crippen LogP contribution >= 0.6 is 0 Å². The van der Waals surface area contributed by atoms with Crippen LogP contribution in [-0.2, 0) is 22.4 Å². The third-order valence-corrected chi connectivity index (χ3v) is 4.54. The highest BCUT2D eigenvalue weighted by atomic mass is 16.5. The normalized spacial score (nSPS) is 19.6. The van der Waals surface area contributed by atoms with Crippen molar-refractivity contribution >= 4 is 17.6 Å². The zero-order valence-electron chi connectivity index (χ0n) is 12.7. The van der Waals surface area contributed by atoms with E-state index >= 15 is 0 Å². The van der Waals surface area contributed by atoms with Crippen LogP contribution < -0.4 is 4.90 Å². The Morgan fingerprint density at radius 3 is 2.65 bits per heavy atom. The summed E-state index contributed by atoms with van der Waals surface area (Å²) in [5, 5.41) is 0. The number of amides is 1. The van der Waals surface area contributed by atoms with Crippen LogP contribution in [0, 0.1) is 0 Å². The highest BCUT2D eigenvalue weighted by molar-refractivity contribution is 6.02. The van der Waals surface area contributed by atoms with Crippen LogP contribution in [0.15, 0.2) is 48.5 Å². The third-order valence-electron chi connectivity index (χ3n) is 4.54. The second-order valence-electron chi connectivity index (χ2n) is 5.98.